The second-order valence-electron chi connectivity index (χ2n) is 6.32. The molecule has 1 aliphatic rings. The Kier molecular flexibility index (Phi) is 4.75. The van der Waals surface area contributed by atoms with E-state index in [0.717, 1.165) is 6.07 Å². The third-order valence-corrected chi connectivity index (χ3v) is 3.69. The molecule has 1 heterocycles. The number of nitrogens with zero attached hydrogens (tertiary/aromatic N) is 1. The molecule has 1 aliphatic heterocycles. The van der Waals surface area contributed by atoms with Crippen LogP contribution in [0.5, 0.6) is 0 Å². The van der Waals surface area contributed by atoms with Crippen LogP contribution in [-0.4, -0.2) is 35.0 Å². The van der Waals surface area contributed by atoms with Crippen LogP contribution >= 0.6 is 11.6 Å². The number of likely N-dealkylation sites (tertiary alicyclic amines) is 1. The number of rotatable bonds is 2. The van der Waals surface area contributed by atoms with Crippen LogP contribution in [0.15, 0.2) is 18.2 Å². The summed E-state index contributed by atoms with van der Waals surface area (Å²) in [5, 5.41) is -0.0352. The maximum absolute atomic E-state index is 13.5. The number of benzene rings is 1. The zero-order valence-corrected chi connectivity index (χ0v) is 13.6. The summed E-state index contributed by atoms with van der Waals surface area (Å²) in [7, 11) is 0. The topological polar surface area (TPSA) is 46.6 Å². The van der Waals surface area contributed by atoms with Crippen molar-refractivity contribution in [2.75, 3.05) is 6.54 Å². The maximum atomic E-state index is 13.5. The molecule has 4 nitrogen and oxygen atoms in total. The average molecular weight is 328 g/mol. The molecule has 0 aliphatic carbocycles. The van der Waals surface area contributed by atoms with Crippen molar-refractivity contribution in [3.05, 3.63) is 34.6 Å². The number of Topliss-reactive ketones (excluding diaryl/α,β-unsaturated/α-hetero) is 1. The average Bonchev–Trinajstić information content (AvgIpc) is 2.88. The monoisotopic (exact) mass is 327 g/mol. The number of ketones is 1. The summed E-state index contributed by atoms with van der Waals surface area (Å²) in [4.78, 5) is 26.1. The molecule has 0 spiro atoms. The van der Waals surface area contributed by atoms with Gasteiger partial charge in [-0.15, -0.1) is 0 Å². The number of halogens is 2. The van der Waals surface area contributed by atoms with E-state index in [2.05, 4.69) is 0 Å². The zero-order chi connectivity index (χ0) is 16.5. The molecule has 22 heavy (non-hydrogen) atoms. The predicted molar refractivity (Wildman–Crippen MR) is 81.7 cm³/mol. The van der Waals surface area contributed by atoms with E-state index in [4.69, 9.17) is 16.3 Å². The number of carbonyl (C=O) groups excluding carboxylic acids is 2. The van der Waals surface area contributed by atoms with Gasteiger partial charge in [-0.2, -0.15) is 0 Å². The van der Waals surface area contributed by atoms with Crippen LogP contribution in [0.2, 0.25) is 5.02 Å². The molecule has 1 aromatic rings. The molecule has 1 amide bonds. The highest BCUT2D eigenvalue weighted by atomic mass is 35.5. The van der Waals surface area contributed by atoms with E-state index < -0.39 is 23.6 Å². The molecule has 6 heteroatoms. The fourth-order valence-corrected chi connectivity index (χ4v) is 2.54. The summed E-state index contributed by atoms with van der Waals surface area (Å²) >= 11 is 5.63. The third kappa shape index (κ3) is 3.77. The fraction of sp³-hybridized carbons (Fsp3) is 0.500. The predicted octanol–water partition coefficient (Wildman–Crippen LogP) is 4.06. The molecule has 2 rings (SSSR count). The molecule has 0 aromatic heterocycles. The van der Waals surface area contributed by atoms with Gasteiger partial charge in [0.1, 0.15) is 11.4 Å². The maximum Gasteiger partial charge on any atom is 0.410 e. The van der Waals surface area contributed by atoms with Crippen LogP contribution in [0.25, 0.3) is 0 Å². The van der Waals surface area contributed by atoms with Crippen LogP contribution in [0.4, 0.5) is 9.18 Å². The van der Waals surface area contributed by atoms with E-state index in [-0.39, 0.29) is 16.4 Å². The van der Waals surface area contributed by atoms with Gasteiger partial charge in [0.25, 0.3) is 0 Å². The van der Waals surface area contributed by atoms with Gasteiger partial charge in [0.2, 0.25) is 0 Å². The second kappa shape index (κ2) is 6.24. The lowest BCUT2D eigenvalue weighted by Gasteiger charge is -2.28. The normalized spacial score (nSPS) is 18.4. The van der Waals surface area contributed by atoms with Crippen molar-refractivity contribution in [1.82, 2.24) is 4.90 Å². The van der Waals surface area contributed by atoms with E-state index >= 15 is 0 Å². The number of amides is 1. The van der Waals surface area contributed by atoms with Gasteiger partial charge in [0.05, 0.1) is 11.1 Å². The first kappa shape index (κ1) is 16.7. The van der Waals surface area contributed by atoms with Crippen molar-refractivity contribution < 1.29 is 18.7 Å². The van der Waals surface area contributed by atoms with Gasteiger partial charge in [-0.1, -0.05) is 11.6 Å². The number of hydrogen-bond donors (Lipinski definition) is 0. The molecule has 1 fully saturated rings. The molecule has 1 saturated heterocycles. The minimum absolute atomic E-state index is 0.0352. The molecular formula is C16H19ClFNO3. The van der Waals surface area contributed by atoms with Gasteiger partial charge in [0.15, 0.2) is 5.78 Å². The van der Waals surface area contributed by atoms with Gasteiger partial charge in [-0.25, -0.2) is 9.18 Å². The Balaban J connectivity index is 2.17. The van der Waals surface area contributed by atoms with Gasteiger partial charge >= 0.3 is 6.09 Å². The molecule has 0 N–H and O–H groups in total. The first-order chi connectivity index (χ1) is 10.2. The van der Waals surface area contributed by atoms with E-state index in [1.165, 1.54) is 17.0 Å². The Labute approximate surface area is 134 Å². The highest BCUT2D eigenvalue weighted by Gasteiger charge is 2.37. The second-order valence-corrected chi connectivity index (χ2v) is 6.73. The summed E-state index contributed by atoms with van der Waals surface area (Å²) in [5.41, 5.74) is -0.415. The summed E-state index contributed by atoms with van der Waals surface area (Å²) in [6.07, 6.45) is 0.742. The van der Waals surface area contributed by atoms with Gasteiger partial charge in [0, 0.05) is 12.1 Å². The van der Waals surface area contributed by atoms with E-state index in [0.29, 0.717) is 19.4 Å². The van der Waals surface area contributed by atoms with Crippen molar-refractivity contribution in [3.63, 3.8) is 0 Å². The molecular weight excluding hydrogens is 309 g/mol. The van der Waals surface area contributed by atoms with Crippen LogP contribution in [0, 0.1) is 5.82 Å². The lowest BCUT2D eigenvalue weighted by molar-refractivity contribution is 0.0222. The third-order valence-electron chi connectivity index (χ3n) is 3.39. The van der Waals surface area contributed by atoms with E-state index in [9.17, 15) is 14.0 Å². The Morgan fingerprint density at radius 2 is 2.05 bits per heavy atom. The first-order valence-corrected chi connectivity index (χ1v) is 7.56. The van der Waals surface area contributed by atoms with E-state index in [1.54, 1.807) is 20.8 Å². The van der Waals surface area contributed by atoms with Crippen molar-refractivity contribution in [2.24, 2.45) is 0 Å². The molecule has 120 valence electrons. The lowest BCUT2D eigenvalue weighted by atomic mass is 10.0. The van der Waals surface area contributed by atoms with Gasteiger partial charge < -0.3 is 4.74 Å². The molecule has 1 aromatic carbocycles. The largest absolute Gasteiger partial charge is 0.444 e. The van der Waals surface area contributed by atoms with Gasteiger partial charge in [-0.05, 0) is 51.8 Å². The molecule has 1 unspecified atom stereocenters. The minimum Gasteiger partial charge on any atom is -0.444 e. The summed E-state index contributed by atoms with van der Waals surface area (Å²) in [6.45, 7) is 5.77. The van der Waals surface area contributed by atoms with Crippen molar-refractivity contribution in [1.29, 1.82) is 0 Å². The van der Waals surface area contributed by atoms with Crippen molar-refractivity contribution >= 4 is 23.5 Å². The minimum atomic E-state index is -0.644. The van der Waals surface area contributed by atoms with E-state index in [1.807, 2.05) is 0 Å². The fourth-order valence-electron chi connectivity index (χ4n) is 2.42. The van der Waals surface area contributed by atoms with Crippen LogP contribution in [0.1, 0.15) is 44.0 Å². The number of ether oxygens (including phenoxy) is 1. The molecule has 0 radical (unpaired) electrons. The Hall–Kier alpha value is -1.62. The summed E-state index contributed by atoms with van der Waals surface area (Å²) in [5.74, 6) is -0.937. The summed E-state index contributed by atoms with van der Waals surface area (Å²) < 4.78 is 18.8. The standard InChI is InChI=1S/C16H19ClFNO3/c1-16(2,3)22-15(21)19-8-4-5-13(19)14(20)10-6-7-11(17)12(18)9-10/h6-7,9,13H,4-5,8H2,1-3H3. The SMILES string of the molecule is CC(C)(C)OC(=O)N1CCCC1C(=O)c1ccc(Cl)c(F)c1. The van der Waals surface area contributed by atoms with Crippen molar-refractivity contribution in [3.8, 4) is 0 Å². The first-order valence-electron chi connectivity index (χ1n) is 7.18. The van der Waals surface area contributed by atoms with Crippen molar-refractivity contribution in [2.45, 2.75) is 45.3 Å². The van der Waals surface area contributed by atoms with Crippen LogP contribution in [-0.2, 0) is 4.74 Å². The zero-order valence-electron chi connectivity index (χ0n) is 12.9. The quantitative estimate of drug-likeness (QED) is 0.769. The highest BCUT2D eigenvalue weighted by molar-refractivity contribution is 6.30. The number of hydrogen-bond acceptors (Lipinski definition) is 3. The Bertz CT molecular complexity index is 598. The molecule has 0 bridgehead atoms. The number of carbonyl (C=O) groups is 2. The van der Waals surface area contributed by atoms with Crippen LogP contribution in [0.3, 0.4) is 0 Å². The molecule has 0 saturated carbocycles. The highest BCUT2D eigenvalue weighted by Crippen LogP contribution is 2.25. The van der Waals surface area contributed by atoms with Crippen LogP contribution < -0.4 is 0 Å². The van der Waals surface area contributed by atoms with Gasteiger partial charge in [-0.3, -0.25) is 9.69 Å². The smallest absolute Gasteiger partial charge is 0.410 e. The Morgan fingerprint density at radius 3 is 2.64 bits per heavy atom. The molecule has 1 atom stereocenters. The Morgan fingerprint density at radius 1 is 1.36 bits per heavy atom. The lowest BCUT2D eigenvalue weighted by Crippen LogP contribution is -2.43. The summed E-state index contributed by atoms with van der Waals surface area (Å²) in [6, 6.07) is 3.31.